The third-order valence-corrected chi connectivity index (χ3v) is 3.96. The molecule has 1 aliphatic heterocycles. The fourth-order valence-corrected chi connectivity index (χ4v) is 2.87. The number of fused-ring (bicyclic) bond motifs is 1. The summed E-state index contributed by atoms with van der Waals surface area (Å²) < 4.78 is 1.63. The van der Waals surface area contributed by atoms with E-state index in [1.165, 1.54) is 0 Å². The summed E-state index contributed by atoms with van der Waals surface area (Å²) in [5.41, 5.74) is 5.98. The number of rotatable bonds is 1. The molecule has 1 atom stereocenters. The maximum absolute atomic E-state index is 12.6. The summed E-state index contributed by atoms with van der Waals surface area (Å²) in [6.45, 7) is 0.529. The number of piperidine rings is 1. The molecule has 3 rings (SSSR count). The zero-order chi connectivity index (χ0) is 14.3. The van der Waals surface area contributed by atoms with Crippen molar-refractivity contribution in [3.63, 3.8) is 0 Å². The van der Waals surface area contributed by atoms with E-state index in [9.17, 15) is 9.59 Å². The van der Waals surface area contributed by atoms with E-state index in [0.29, 0.717) is 30.6 Å². The highest BCUT2D eigenvalue weighted by atomic mass is 16.2. The van der Waals surface area contributed by atoms with Crippen molar-refractivity contribution >= 4 is 22.5 Å². The first kappa shape index (κ1) is 12.7. The van der Waals surface area contributed by atoms with E-state index in [2.05, 4.69) is 0 Å². The van der Waals surface area contributed by atoms with E-state index in [1.807, 2.05) is 30.3 Å². The number of hydrogen-bond acceptors (Lipinski definition) is 3. The van der Waals surface area contributed by atoms with Gasteiger partial charge in [-0.1, -0.05) is 18.2 Å². The van der Waals surface area contributed by atoms with Crippen LogP contribution in [-0.4, -0.2) is 29.0 Å². The number of likely N-dealkylation sites (N-methyl/N-ethyl adjacent to an activating group) is 1. The fourth-order valence-electron chi connectivity index (χ4n) is 2.87. The predicted octanol–water partition coefficient (Wildman–Crippen LogP) is 1.38. The minimum Gasteiger partial charge on any atom is -0.385 e. The Morgan fingerprint density at radius 2 is 2.00 bits per heavy atom. The smallest absolute Gasteiger partial charge is 0.260 e. The Hall–Kier alpha value is -2.30. The van der Waals surface area contributed by atoms with Crippen LogP contribution in [0.3, 0.4) is 0 Å². The van der Waals surface area contributed by atoms with Crippen molar-refractivity contribution in [3.8, 4) is 0 Å². The van der Waals surface area contributed by atoms with Gasteiger partial charge >= 0.3 is 0 Å². The molecule has 1 fully saturated rings. The molecule has 20 heavy (non-hydrogen) atoms. The molecule has 0 aliphatic carbocycles. The monoisotopic (exact) mass is 271 g/mol. The zero-order valence-corrected chi connectivity index (χ0v) is 11.4. The van der Waals surface area contributed by atoms with Crippen LogP contribution < -0.4 is 11.3 Å². The number of hydrogen-bond donors (Lipinski definition) is 1. The zero-order valence-electron chi connectivity index (χ0n) is 11.4. The highest BCUT2D eigenvalue weighted by Gasteiger charge is 2.26. The molecule has 1 aromatic carbocycles. The second-order valence-electron chi connectivity index (χ2n) is 5.30. The van der Waals surface area contributed by atoms with Gasteiger partial charge in [-0.25, -0.2) is 0 Å². The van der Waals surface area contributed by atoms with Gasteiger partial charge < -0.3 is 10.6 Å². The number of nitrogens with zero attached hydrogens (tertiary/aromatic N) is 2. The van der Waals surface area contributed by atoms with Crippen molar-refractivity contribution in [2.24, 2.45) is 0 Å². The first-order valence-corrected chi connectivity index (χ1v) is 6.71. The van der Waals surface area contributed by atoms with Gasteiger partial charge in [0.15, 0.2) is 0 Å². The van der Waals surface area contributed by atoms with Crippen LogP contribution in [0.25, 0.3) is 10.8 Å². The maximum Gasteiger partial charge on any atom is 0.260 e. The third kappa shape index (κ3) is 1.95. The average Bonchev–Trinajstić information content (AvgIpc) is 2.43. The summed E-state index contributed by atoms with van der Waals surface area (Å²) in [6.07, 6.45) is 1.12. The Morgan fingerprint density at radius 3 is 2.75 bits per heavy atom. The molecule has 104 valence electrons. The fraction of sp³-hybridized carbons (Fsp3) is 0.333. The Bertz CT molecular complexity index is 735. The average molecular weight is 271 g/mol. The number of carbonyl (C=O) groups excluding carboxylic acids is 1. The van der Waals surface area contributed by atoms with Crippen LogP contribution >= 0.6 is 0 Å². The highest BCUT2D eigenvalue weighted by molar-refractivity contribution is 5.83. The summed E-state index contributed by atoms with van der Waals surface area (Å²) >= 11 is 0. The molecular formula is C15H17N3O2. The summed E-state index contributed by atoms with van der Waals surface area (Å²) in [5.74, 6) is 0.579. The van der Waals surface area contributed by atoms with Crippen molar-refractivity contribution in [1.82, 2.24) is 9.47 Å². The van der Waals surface area contributed by atoms with Crippen molar-refractivity contribution in [2.75, 3.05) is 19.3 Å². The number of likely N-dealkylation sites (tertiary alicyclic amines) is 1. The predicted molar refractivity (Wildman–Crippen MR) is 78.5 cm³/mol. The van der Waals surface area contributed by atoms with Crippen LogP contribution in [0.4, 0.5) is 5.82 Å². The molecule has 5 nitrogen and oxygen atoms in total. The van der Waals surface area contributed by atoms with E-state index in [-0.39, 0.29) is 17.5 Å². The molecule has 0 bridgehead atoms. The van der Waals surface area contributed by atoms with Crippen LogP contribution in [0.5, 0.6) is 0 Å². The van der Waals surface area contributed by atoms with Gasteiger partial charge in [0.1, 0.15) is 5.82 Å². The van der Waals surface area contributed by atoms with Gasteiger partial charge in [-0.3, -0.25) is 14.2 Å². The number of amides is 1. The molecule has 0 saturated carbocycles. The summed E-state index contributed by atoms with van der Waals surface area (Å²) in [4.78, 5) is 25.8. The number of aromatic nitrogens is 1. The molecule has 1 amide bonds. The van der Waals surface area contributed by atoms with Gasteiger partial charge in [-0.15, -0.1) is 0 Å². The lowest BCUT2D eigenvalue weighted by molar-refractivity contribution is -0.132. The highest BCUT2D eigenvalue weighted by Crippen LogP contribution is 2.24. The van der Waals surface area contributed by atoms with Crippen molar-refractivity contribution in [3.05, 3.63) is 40.7 Å². The van der Waals surface area contributed by atoms with Crippen molar-refractivity contribution < 1.29 is 4.79 Å². The first-order chi connectivity index (χ1) is 9.58. The molecule has 2 heterocycles. The molecule has 2 N–H and O–H groups in total. The molecule has 1 unspecified atom stereocenters. The summed E-state index contributed by atoms with van der Waals surface area (Å²) in [5, 5.41) is 1.52. The normalized spacial score (nSPS) is 19.6. The molecule has 5 heteroatoms. The lowest BCUT2D eigenvalue weighted by atomic mass is 10.0. The number of benzene rings is 1. The van der Waals surface area contributed by atoms with E-state index in [0.717, 1.165) is 5.39 Å². The van der Waals surface area contributed by atoms with E-state index >= 15 is 0 Å². The Kier molecular flexibility index (Phi) is 2.97. The molecular weight excluding hydrogens is 254 g/mol. The topological polar surface area (TPSA) is 68.3 Å². The minimum absolute atomic E-state index is 0.0465. The van der Waals surface area contributed by atoms with Gasteiger partial charge in [-0.2, -0.15) is 0 Å². The Morgan fingerprint density at radius 1 is 1.25 bits per heavy atom. The Labute approximate surface area is 116 Å². The molecule has 2 aromatic rings. The number of carbonyl (C=O) groups is 1. The van der Waals surface area contributed by atoms with Gasteiger partial charge in [0.2, 0.25) is 5.91 Å². The second kappa shape index (κ2) is 4.67. The van der Waals surface area contributed by atoms with E-state index in [4.69, 9.17) is 5.73 Å². The SMILES string of the molecule is CN1CC(n2c(N)cc3ccccc3c2=O)CCC1=O. The van der Waals surface area contributed by atoms with Gasteiger partial charge in [0.25, 0.3) is 5.56 Å². The molecule has 0 spiro atoms. The van der Waals surface area contributed by atoms with Crippen LogP contribution in [0, 0.1) is 0 Å². The third-order valence-electron chi connectivity index (χ3n) is 3.96. The second-order valence-corrected chi connectivity index (χ2v) is 5.30. The van der Waals surface area contributed by atoms with Gasteiger partial charge in [0.05, 0.1) is 6.04 Å². The van der Waals surface area contributed by atoms with Gasteiger partial charge in [-0.05, 0) is 23.9 Å². The van der Waals surface area contributed by atoms with Crippen molar-refractivity contribution in [2.45, 2.75) is 18.9 Å². The minimum atomic E-state index is -0.0756. The van der Waals surface area contributed by atoms with E-state index in [1.54, 1.807) is 16.5 Å². The van der Waals surface area contributed by atoms with Gasteiger partial charge in [0, 0.05) is 25.4 Å². The molecule has 0 radical (unpaired) electrons. The van der Waals surface area contributed by atoms with E-state index < -0.39 is 0 Å². The molecule has 1 aliphatic rings. The standard InChI is InChI=1S/C15H17N3O2/c1-17-9-11(6-7-14(17)19)18-13(16)8-10-4-2-3-5-12(10)15(18)20/h2-5,8,11H,6-7,9,16H2,1H3. The number of nitrogen functional groups attached to an aromatic ring is 1. The quantitative estimate of drug-likeness (QED) is 0.852. The first-order valence-electron chi connectivity index (χ1n) is 6.71. The molecule has 1 saturated heterocycles. The van der Waals surface area contributed by atoms with Crippen LogP contribution in [0.1, 0.15) is 18.9 Å². The lowest BCUT2D eigenvalue weighted by Crippen LogP contribution is -2.41. The number of pyridine rings is 1. The maximum atomic E-state index is 12.6. The molecule has 1 aromatic heterocycles. The summed E-state index contributed by atoms with van der Waals surface area (Å²) in [6, 6.07) is 9.21. The van der Waals surface area contributed by atoms with Crippen LogP contribution in [-0.2, 0) is 4.79 Å². The lowest BCUT2D eigenvalue weighted by Gasteiger charge is -2.31. The number of nitrogens with two attached hydrogens (primary N) is 1. The van der Waals surface area contributed by atoms with Crippen LogP contribution in [0.15, 0.2) is 35.1 Å². The number of anilines is 1. The Balaban J connectivity index is 2.12. The van der Waals surface area contributed by atoms with Crippen molar-refractivity contribution in [1.29, 1.82) is 0 Å². The van der Waals surface area contributed by atoms with Crippen LogP contribution in [0.2, 0.25) is 0 Å². The largest absolute Gasteiger partial charge is 0.385 e. The summed E-state index contributed by atoms with van der Waals surface area (Å²) in [7, 11) is 1.76.